The van der Waals surface area contributed by atoms with Gasteiger partial charge in [0.15, 0.2) is 5.11 Å². The zero-order valence-corrected chi connectivity index (χ0v) is 17.4. The molecule has 0 unspecified atom stereocenters. The number of H-pyrrole nitrogens is 1. The first-order chi connectivity index (χ1) is 14.0. The van der Waals surface area contributed by atoms with Gasteiger partial charge in [-0.3, -0.25) is 4.79 Å². The van der Waals surface area contributed by atoms with Crippen LogP contribution in [0, 0.1) is 6.92 Å². The number of fused-ring (bicyclic) bond motifs is 1. The molecular weight excluding hydrogens is 386 g/mol. The Morgan fingerprint density at radius 3 is 2.79 bits per heavy atom. The molecule has 1 aromatic heterocycles. The lowest BCUT2D eigenvalue weighted by atomic mass is 10.1. The van der Waals surface area contributed by atoms with Gasteiger partial charge >= 0.3 is 0 Å². The first-order valence-corrected chi connectivity index (χ1v) is 9.84. The van der Waals surface area contributed by atoms with Crippen molar-refractivity contribution in [1.82, 2.24) is 9.88 Å². The molecule has 0 atom stereocenters. The van der Waals surface area contributed by atoms with Gasteiger partial charge in [-0.25, -0.2) is 0 Å². The van der Waals surface area contributed by atoms with Crippen LogP contribution in [0.2, 0.25) is 0 Å². The molecule has 152 valence electrons. The normalized spacial score (nSPS) is 10.7. The molecule has 0 bridgehead atoms. The first kappa shape index (κ1) is 20.8. The van der Waals surface area contributed by atoms with Crippen LogP contribution in [0.1, 0.15) is 17.5 Å². The van der Waals surface area contributed by atoms with Crippen LogP contribution in [0.15, 0.2) is 53.3 Å². The fraction of sp³-hybridized carbons (Fsp3) is 0.273. The summed E-state index contributed by atoms with van der Waals surface area (Å²) >= 11 is 5.59. The molecule has 0 aliphatic rings. The van der Waals surface area contributed by atoms with Crippen molar-refractivity contribution in [3.8, 4) is 5.75 Å². The molecule has 29 heavy (non-hydrogen) atoms. The molecule has 1 heterocycles. The molecule has 0 saturated heterocycles. The van der Waals surface area contributed by atoms with E-state index in [1.807, 2.05) is 60.4 Å². The molecule has 0 amide bonds. The molecule has 3 N–H and O–H groups in total. The van der Waals surface area contributed by atoms with Crippen molar-refractivity contribution >= 4 is 33.9 Å². The van der Waals surface area contributed by atoms with Gasteiger partial charge in [0.05, 0.1) is 13.7 Å². The van der Waals surface area contributed by atoms with Crippen LogP contribution >= 0.6 is 12.2 Å². The highest BCUT2D eigenvalue weighted by Crippen LogP contribution is 2.19. The van der Waals surface area contributed by atoms with Crippen molar-refractivity contribution in [2.24, 2.45) is 0 Å². The Labute approximate surface area is 175 Å². The van der Waals surface area contributed by atoms with Crippen molar-refractivity contribution in [3.05, 3.63) is 70.0 Å². The summed E-state index contributed by atoms with van der Waals surface area (Å²) in [5.41, 5.74) is 3.20. The number of pyridine rings is 1. The second-order valence-corrected chi connectivity index (χ2v) is 7.26. The number of nitrogens with zero attached hydrogens (tertiary/aromatic N) is 1. The monoisotopic (exact) mass is 411 g/mol. The highest BCUT2D eigenvalue weighted by atomic mass is 32.1. The minimum atomic E-state index is -0.157. The van der Waals surface area contributed by atoms with Crippen LogP contribution in [0.4, 0.5) is 5.69 Å². The first-order valence-electron chi connectivity index (χ1n) is 9.43. The molecule has 0 fully saturated rings. The van der Waals surface area contributed by atoms with Crippen LogP contribution in [-0.4, -0.2) is 40.4 Å². The predicted molar refractivity (Wildman–Crippen MR) is 121 cm³/mol. The molecule has 7 heteroatoms. The van der Waals surface area contributed by atoms with E-state index in [0.717, 1.165) is 27.9 Å². The van der Waals surface area contributed by atoms with E-state index in [-0.39, 0.29) is 12.2 Å². The number of aliphatic hydroxyl groups excluding tert-OH is 1. The predicted octanol–water partition coefficient (Wildman–Crippen LogP) is 3.43. The van der Waals surface area contributed by atoms with Gasteiger partial charge in [0.2, 0.25) is 0 Å². The molecule has 0 saturated carbocycles. The van der Waals surface area contributed by atoms with E-state index in [2.05, 4.69) is 10.3 Å². The Morgan fingerprint density at radius 2 is 2.07 bits per heavy atom. The standard InChI is InChI=1S/C22H25N3O3S/c1-15-5-3-6-18(11-15)23-22(29)25(9-4-10-26)14-17-12-16-13-19(28-2)7-8-20(16)24-21(17)27/h3,5-8,11-13,26H,4,9-10,14H2,1-2H3,(H,23,29)(H,24,27). The number of benzene rings is 2. The summed E-state index contributed by atoms with van der Waals surface area (Å²) in [5.74, 6) is 0.726. The summed E-state index contributed by atoms with van der Waals surface area (Å²) in [5, 5.41) is 13.9. The summed E-state index contributed by atoms with van der Waals surface area (Å²) in [7, 11) is 1.61. The van der Waals surface area contributed by atoms with E-state index in [4.69, 9.17) is 17.0 Å². The number of hydrogen-bond acceptors (Lipinski definition) is 4. The van der Waals surface area contributed by atoms with Crippen molar-refractivity contribution in [1.29, 1.82) is 0 Å². The van der Waals surface area contributed by atoms with Crippen molar-refractivity contribution in [2.45, 2.75) is 19.9 Å². The number of hydrogen-bond donors (Lipinski definition) is 3. The molecular formula is C22H25N3O3S. The van der Waals surface area contributed by atoms with Gasteiger partial charge in [0.1, 0.15) is 5.75 Å². The van der Waals surface area contributed by atoms with Gasteiger partial charge in [0, 0.05) is 35.3 Å². The largest absolute Gasteiger partial charge is 0.497 e. The molecule has 0 aliphatic carbocycles. The molecule has 0 aliphatic heterocycles. The molecule has 6 nitrogen and oxygen atoms in total. The maximum atomic E-state index is 12.6. The summed E-state index contributed by atoms with van der Waals surface area (Å²) in [6.45, 7) is 2.93. The molecule has 0 radical (unpaired) electrons. The van der Waals surface area contributed by atoms with E-state index in [0.29, 0.717) is 30.2 Å². The van der Waals surface area contributed by atoms with Gasteiger partial charge in [0.25, 0.3) is 5.56 Å². The van der Waals surface area contributed by atoms with Crippen LogP contribution in [0.25, 0.3) is 10.9 Å². The lowest BCUT2D eigenvalue weighted by Crippen LogP contribution is -2.37. The molecule has 0 spiro atoms. The third kappa shape index (κ3) is 5.34. The Hall–Kier alpha value is -2.90. The van der Waals surface area contributed by atoms with E-state index < -0.39 is 0 Å². The van der Waals surface area contributed by atoms with E-state index in [1.165, 1.54) is 0 Å². The Bertz CT molecular complexity index is 1060. The number of ether oxygens (including phenoxy) is 1. The maximum Gasteiger partial charge on any atom is 0.253 e. The van der Waals surface area contributed by atoms with Gasteiger partial charge in [-0.2, -0.15) is 0 Å². The number of aryl methyl sites for hydroxylation is 1. The van der Waals surface area contributed by atoms with E-state index >= 15 is 0 Å². The van der Waals surface area contributed by atoms with Gasteiger partial charge in [-0.15, -0.1) is 0 Å². The molecule has 3 rings (SSSR count). The minimum absolute atomic E-state index is 0.0504. The van der Waals surface area contributed by atoms with Crippen LogP contribution < -0.4 is 15.6 Å². The van der Waals surface area contributed by atoms with Gasteiger partial charge < -0.3 is 25.0 Å². The third-order valence-corrected chi connectivity index (χ3v) is 4.99. The fourth-order valence-corrected chi connectivity index (χ4v) is 3.39. The van der Waals surface area contributed by atoms with Crippen molar-refractivity contribution in [2.75, 3.05) is 25.6 Å². The summed E-state index contributed by atoms with van der Waals surface area (Å²) in [6.07, 6.45) is 0.551. The Kier molecular flexibility index (Phi) is 6.85. The second kappa shape index (κ2) is 9.54. The summed E-state index contributed by atoms with van der Waals surface area (Å²) < 4.78 is 5.28. The smallest absolute Gasteiger partial charge is 0.253 e. The van der Waals surface area contributed by atoms with Crippen LogP contribution in [0.3, 0.4) is 0 Å². The average Bonchev–Trinajstić information content (AvgIpc) is 2.71. The van der Waals surface area contributed by atoms with Crippen LogP contribution in [-0.2, 0) is 6.54 Å². The quantitative estimate of drug-likeness (QED) is 0.517. The Balaban J connectivity index is 1.86. The topological polar surface area (TPSA) is 77.6 Å². The zero-order valence-electron chi connectivity index (χ0n) is 16.6. The van der Waals surface area contributed by atoms with Gasteiger partial charge in [-0.1, -0.05) is 12.1 Å². The van der Waals surface area contributed by atoms with Crippen LogP contribution in [0.5, 0.6) is 5.75 Å². The lowest BCUT2D eigenvalue weighted by molar-refractivity contribution is 0.266. The third-order valence-electron chi connectivity index (χ3n) is 4.63. The average molecular weight is 412 g/mol. The summed E-state index contributed by atoms with van der Waals surface area (Å²) in [4.78, 5) is 17.4. The number of aliphatic hydroxyl groups is 1. The number of anilines is 1. The highest BCUT2D eigenvalue weighted by Gasteiger charge is 2.14. The fourth-order valence-electron chi connectivity index (χ4n) is 3.12. The summed E-state index contributed by atoms with van der Waals surface area (Å²) in [6, 6.07) is 15.3. The second-order valence-electron chi connectivity index (χ2n) is 6.88. The number of rotatable bonds is 7. The maximum absolute atomic E-state index is 12.6. The lowest BCUT2D eigenvalue weighted by Gasteiger charge is -2.25. The van der Waals surface area contributed by atoms with Crippen molar-refractivity contribution in [3.63, 3.8) is 0 Å². The van der Waals surface area contributed by atoms with Gasteiger partial charge in [-0.05, 0) is 67.5 Å². The number of nitrogens with one attached hydrogen (secondary N) is 2. The Morgan fingerprint density at radius 1 is 1.24 bits per heavy atom. The van der Waals surface area contributed by atoms with E-state index in [9.17, 15) is 9.90 Å². The minimum Gasteiger partial charge on any atom is -0.497 e. The SMILES string of the molecule is COc1ccc2[nH]c(=O)c(CN(CCCO)C(=S)Nc3cccc(C)c3)cc2c1. The number of aromatic nitrogens is 1. The number of methoxy groups -OCH3 is 1. The number of aromatic amines is 1. The van der Waals surface area contributed by atoms with E-state index in [1.54, 1.807) is 7.11 Å². The highest BCUT2D eigenvalue weighted by molar-refractivity contribution is 7.80. The molecule has 2 aromatic carbocycles. The zero-order chi connectivity index (χ0) is 20.8. The molecule has 3 aromatic rings. The number of thiocarbonyl (C=S) groups is 1. The van der Waals surface area contributed by atoms with Crippen molar-refractivity contribution < 1.29 is 9.84 Å².